The number of rotatable bonds is 4. The number of benzene rings is 1. The number of halogens is 2. The summed E-state index contributed by atoms with van der Waals surface area (Å²) in [5.41, 5.74) is 3.20. The van der Waals surface area contributed by atoms with Gasteiger partial charge in [-0.1, -0.05) is 18.2 Å². The van der Waals surface area contributed by atoms with E-state index in [2.05, 4.69) is 26.3 Å². The highest BCUT2D eigenvalue weighted by Crippen LogP contribution is 2.25. The molecule has 2 heterocycles. The van der Waals surface area contributed by atoms with Crippen molar-refractivity contribution in [2.45, 2.75) is 32.5 Å². The predicted molar refractivity (Wildman–Crippen MR) is 121 cm³/mol. The summed E-state index contributed by atoms with van der Waals surface area (Å²) in [5, 5.41) is 3.44. The number of aryl methyl sites for hydroxylation is 1. The Morgan fingerprint density at radius 1 is 1.25 bits per heavy atom. The van der Waals surface area contributed by atoms with Gasteiger partial charge in [0, 0.05) is 32.0 Å². The quantitative estimate of drug-likeness (QED) is 0.397. The van der Waals surface area contributed by atoms with Crippen LogP contribution in [0.4, 0.5) is 4.39 Å². The van der Waals surface area contributed by atoms with Crippen molar-refractivity contribution in [3.63, 3.8) is 0 Å². The van der Waals surface area contributed by atoms with Gasteiger partial charge < -0.3 is 15.0 Å². The van der Waals surface area contributed by atoms with Gasteiger partial charge in [-0.2, -0.15) is 0 Å². The van der Waals surface area contributed by atoms with Crippen molar-refractivity contribution in [3.8, 4) is 0 Å². The molecule has 1 N–H and O–H groups in total. The number of aromatic nitrogens is 1. The number of nitrogens with zero attached hydrogens (tertiary/aromatic N) is 3. The van der Waals surface area contributed by atoms with E-state index < -0.39 is 0 Å². The molecular weight excluding hydrogens is 470 g/mol. The molecule has 28 heavy (non-hydrogen) atoms. The molecule has 0 aliphatic carbocycles. The van der Waals surface area contributed by atoms with Gasteiger partial charge in [-0.25, -0.2) is 4.39 Å². The number of hydrogen-bond donors (Lipinski definition) is 1. The van der Waals surface area contributed by atoms with Crippen LogP contribution in [0.15, 0.2) is 47.6 Å². The molecule has 1 saturated heterocycles. The summed E-state index contributed by atoms with van der Waals surface area (Å²) in [6.45, 7) is 6.27. The molecule has 1 fully saturated rings. The van der Waals surface area contributed by atoms with E-state index in [4.69, 9.17) is 4.74 Å². The fraction of sp³-hybridized carbons (Fsp3) is 0.429. The Labute approximate surface area is 183 Å². The van der Waals surface area contributed by atoms with Crippen LogP contribution in [0.5, 0.6) is 0 Å². The number of morpholine rings is 1. The molecule has 0 radical (unpaired) electrons. The average molecular weight is 498 g/mol. The molecule has 5 nitrogen and oxygen atoms in total. The second kappa shape index (κ2) is 10.7. The second-order valence-corrected chi connectivity index (χ2v) is 6.92. The van der Waals surface area contributed by atoms with E-state index in [9.17, 15) is 4.39 Å². The first-order chi connectivity index (χ1) is 13.0. The minimum absolute atomic E-state index is 0. The molecule has 2 aromatic rings. The molecule has 1 aromatic heterocycles. The van der Waals surface area contributed by atoms with Gasteiger partial charge in [0.1, 0.15) is 11.9 Å². The molecule has 1 aliphatic heterocycles. The highest BCUT2D eigenvalue weighted by Gasteiger charge is 2.28. The Morgan fingerprint density at radius 2 is 2.00 bits per heavy atom. The zero-order valence-electron chi connectivity index (χ0n) is 16.6. The molecular formula is C21H28FIN4O. The minimum Gasteiger partial charge on any atom is -0.367 e. The lowest BCUT2D eigenvalue weighted by Crippen LogP contribution is -2.51. The zero-order chi connectivity index (χ0) is 19.2. The summed E-state index contributed by atoms with van der Waals surface area (Å²) in [5.74, 6) is 0.625. The lowest BCUT2D eigenvalue weighted by molar-refractivity contribution is -0.0604. The van der Waals surface area contributed by atoms with Gasteiger partial charge in [0.15, 0.2) is 5.96 Å². The SMILES string of the molecule is CN=C(NCCc1ccc(C)nc1)N1CC(C)OC(c2ccc(F)cc2)C1.I. The number of aliphatic imine (C=N–C) groups is 1. The summed E-state index contributed by atoms with van der Waals surface area (Å²) in [7, 11) is 1.79. The van der Waals surface area contributed by atoms with Gasteiger partial charge >= 0.3 is 0 Å². The van der Waals surface area contributed by atoms with Crippen LogP contribution in [0.3, 0.4) is 0 Å². The molecule has 152 valence electrons. The summed E-state index contributed by atoms with van der Waals surface area (Å²) in [6, 6.07) is 10.7. The third kappa shape index (κ3) is 6.13. The van der Waals surface area contributed by atoms with Crippen LogP contribution < -0.4 is 5.32 Å². The Bertz CT molecular complexity index is 767. The molecule has 0 saturated carbocycles. The third-order valence-corrected chi connectivity index (χ3v) is 4.68. The van der Waals surface area contributed by atoms with Crippen LogP contribution in [0.25, 0.3) is 0 Å². The molecule has 2 unspecified atom stereocenters. The van der Waals surface area contributed by atoms with Crippen LogP contribution in [0, 0.1) is 12.7 Å². The van der Waals surface area contributed by atoms with Crippen molar-refractivity contribution in [2.24, 2.45) is 4.99 Å². The van der Waals surface area contributed by atoms with Gasteiger partial charge in [-0.05, 0) is 49.6 Å². The van der Waals surface area contributed by atoms with Gasteiger partial charge in [-0.15, -0.1) is 24.0 Å². The van der Waals surface area contributed by atoms with Crippen LogP contribution in [-0.4, -0.2) is 48.6 Å². The van der Waals surface area contributed by atoms with Gasteiger partial charge in [0.25, 0.3) is 0 Å². The summed E-state index contributed by atoms with van der Waals surface area (Å²) >= 11 is 0. The minimum atomic E-state index is -0.234. The maximum absolute atomic E-state index is 13.2. The molecule has 2 atom stereocenters. The van der Waals surface area contributed by atoms with Crippen molar-refractivity contribution in [3.05, 3.63) is 65.2 Å². The van der Waals surface area contributed by atoms with Crippen molar-refractivity contribution < 1.29 is 9.13 Å². The Kier molecular flexibility index (Phi) is 8.62. The van der Waals surface area contributed by atoms with Gasteiger partial charge in [0.05, 0.1) is 12.6 Å². The highest BCUT2D eigenvalue weighted by molar-refractivity contribution is 14.0. The maximum Gasteiger partial charge on any atom is 0.193 e. The average Bonchev–Trinajstić information content (AvgIpc) is 2.67. The van der Waals surface area contributed by atoms with Crippen molar-refractivity contribution in [1.82, 2.24) is 15.2 Å². The molecule has 3 rings (SSSR count). The molecule has 1 aromatic carbocycles. The smallest absolute Gasteiger partial charge is 0.193 e. The van der Waals surface area contributed by atoms with Crippen LogP contribution in [0.1, 0.15) is 29.8 Å². The van der Waals surface area contributed by atoms with Crippen molar-refractivity contribution in [1.29, 1.82) is 0 Å². The third-order valence-electron chi connectivity index (χ3n) is 4.68. The van der Waals surface area contributed by atoms with E-state index in [1.807, 2.05) is 26.1 Å². The first-order valence-corrected chi connectivity index (χ1v) is 9.33. The summed E-state index contributed by atoms with van der Waals surface area (Å²) in [4.78, 5) is 11.0. The molecule has 7 heteroatoms. The fourth-order valence-corrected chi connectivity index (χ4v) is 3.28. The van der Waals surface area contributed by atoms with Gasteiger partial charge in [-0.3, -0.25) is 9.98 Å². The molecule has 1 aliphatic rings. The number of pyridine rings is 1. The Hall–Kier alpha value is -1.74. The van der Waals surface area contributed by atoms with Crippen LogP contribution in [-0.2, 0) is 11.2 Å². The van der Waals surface area contributed by atoms with Crippen LogP contribution in [0.2, 0.25) is 0 Å². The van der Waals surface area contributed by atoms with E-state index in [0.29, 0.717) is 6.54 Å². The molecule has 0 amide bonds. The molecule has 0 spiro atoms. The van der Waals surface area contributed by atoms with Crippen LogP contribution >= 0.6 is 24.0 Å². The number of nitrogens with one attached hydrogen (secondary N) is 1. The standard InChI is InChI=1S/C21H27FN4O.HI/c1-15-4-5-17(12-25-15)10-11-24-21(23-3)26-13-16(2)27-20(14-26)18-6-8-19(22)9-7-18;/h4-9,12,16,20H,10-11,13-14H2,1-3H3,(H,23,24);1H. The number of hydrogen-bond acceptors (Lipinski definition) is 3. The first kappa shape index (κ1) is 22.5. The fourth-order valence-electron chi connectivity index (χ4n) is 3.28. The Morgan fingerprint density at radius 3 is 2.64 bits per heavy atom. The lowest BCUT2D eigenvalue weighted by Gasteiger charge is -2.38. The van der Waals surface area contributed by atoms with Crippen molar-refractivity contribution >= 4 is 29.9 Å². The first-order valence-electron chi connectivity index (χ1n) is 9.33. The van der Waals surface area contributed by atoms with E-state index in [1.54, 1.807) is 19.2 Å². The number of ether oxygens (including phenoxy) is 1. The van der Waals surface area contributed by atoms with E-state index >= 15 is 0 Å². The molecule has 0 bridgehead atoms. The zero-order valence-corrected chi connectivity index (χ0v) is 18.9. The van der Waals surface area contributed by atoms with E-state index in [0.717, 1.165) is 36.7 Å². The normalized spacial score (nSPS) is 19.9. The maximum atomic E-state index is 13.2. The summed E-state index contributed by atoms with van der Waals surface area (Å²) < 4.78 is 19.3. The van der Waals surface area contributed by atoms with Gasteiger partial charge in [0.2, 0.25) is 0 Å². The predicted octanol–water partition coefficient (Wildman–Crippen LogP) is 3.73. The van der Waals surface area contributed by atoms with E-state index in [-0.39, 0.29) is 42.0 Å². The van der Waals surface area contributed by atoms with E-state index in [1.165, 1.54) is 17.7 Å². The van der Waals surface area contributed by atoms with Crippen molar-refractivity contribution in [2.75, 3.05) is 26.7 Å². The topological polar surface area (TPSA) is 49.8 Å². The second-order valence-electron chi connectivity index (χ2n) is 6.92. The largest absolute Gasteiger partial charge is 0.367 e. The number of guanidine groups is 1. The summed E-state index contributed by atoms with van der Waals surface area (Å²) in [6.07, 6.45) is 2.76. The Balaban J connectivity index is 0.00000280. The highest BCUT2D eigenvalue weighted by atomic mass is 127. The monoisotopic (exact) mass is 498 g/mol. The lowest BCUT2D eigenvalue weighted by atomic mass is 10.1.